The molecule has 4 heteroatoms. The van der Waals surface area contributed by atoms with Gasteiger partial charge in [0, 0.05) is 5.02 Å². The van der Waals surface area contributed by atoms with Crippen LogP contribution in [-0.4, -0.2) is 18.2 Å². The maximum Gasteiger partial charge on any atom is 0.309 e. The van der Waals surface area contributed by atoms with Crippen molar-refractivity contribution in [2.75, 3.05) is 6.61 Å². The summed E-state index contributed by atoms with van der Waals surface area (Å²) in [6, 6.07) is 3.73. The van der Waals surface area contributed by atoms with Crippen molar-refractivity contribution >= 4 is 17.6 Å². The summed E-state index contributed by atoms with van der Waals surface area (Å²) in [5.74, 6) is 0.470. The van der Waals surface area contributed by atoms with Gasteiger partial charge in [-0.1, -0.05) is 11.6 Å². The smallest absolute Gasteiger partial charge is 0.309 e. The van der Waals surface area contributed by atoms with Crippen LogP contribution in [0.15, 0.2) is 12.1 Å². The van der Waals surface area contributed by atoms with Gasteiger partial charge in [0.25, 0.3) is 0 Å². The molecule has 106 valence electrons. The first-order valence-corrected chi connectivity index (χ1v) is 6.68. The Labute approximate surface area is 119 Å². The van der Waals surface area contributed by atoms with Crippen molar-refractivity contribution in [3.05, 3.63) is 28.3 Å². The topological polar surface area (TPSA) is 35.5 Å². The van der Waals surface area contributed by atoms with E-state index in [4.69, 9.17) is 21.1 Å². The Kier molecular flexibility index (Phi) is 5.24. The molecule has 0 saturated heterocycles. The Morgan fingerprint density at radius 2 is 1.74 bits per heavy atom. The first kappa shape index (κ1) is 15.8. The van der Waals surface area contributed by atoms with Gasteiger partial charge in [0.05, 0.1) is 13.0 Å². The van der Waals surface area contributed by atoms with E-state index in [1.807, 2.05) is 46.8 Å². The molecule has 0 fully saturated rings. The zero-order chi connectivity index (χ0) is 14.6. The highest BCUT2D eigenvalue weighted by Gasteiger charge is 2.16. The third-order valence-electron chi connectivity index (χ3n) is 2.40. The Balaban J connectivity index is 2.48. The monoisotopic (exact) mass is 284 g/mol. The zero-order valence-electron chi connectivity index (χ0n) is 12.2. The van der Waals surface area contributed by atoms with Gasteiger partial charge in [-0.05, 0) is 57.9 Å². The molecule has 0 saturated carbocycles. The molecule has 0 N–H and O–H groups in total. The number of aryl methyl sites for hydroxylation is 2. The van der Waals surface area contributed by atoms with Crippen molar-refractivity contribution in [3.8, 4) is 5.75 Å². The van der Waals surface area contributed by atoms with Crippen LogP contribution in [0, 0.1) is 13.8 Å². The fraction of sp³-hybridized carbons (Fsp3) is 0.533. The molecule has 0 bridgehead atoms. The van der Waals surface area contributed by atoms with E-state index in [9.17, 15) is 4.79 Å². The van der Waals surface area contributed by atoms with Crippen LogP contribution in [0.4, 0.5) is 0 Å². The number of halogens is 1. The van der Waals surface area contributed by atoms with Crippen LogP contribution in [0.1, 0.15) is 38.3 Å². The molecule has 0 unspecified atom stereocenters. The molecule has 0 aliphatic rings. The first-order valence-electron chi connectivity index (χ1n) is 6.30. The number of hydrogen-bond acceptors (Lipinski definition) is 3. The number of hydrogen-bond donors (Lipinski definition) is 0. The quantitative estimate of drug-likeness (QED) is 0.782. The molecule has 0 spiro atoms. The Morgan fingerprint density at radius 3 is 2.21 bits per heavy atom. The van der Waals surface area contributed by atoms with Crippen LogP contribution in [0.2, 0.25) is 5.02 Å². The predicted octanol–water partition coefficient (Wildman–Crippen LogP) is 4.07. The molecular weight excluding hydrogens is 264 g/mol. The van der Waals surface area contributed by atoms with Crippen LogP contribution in [0.5, 0.6) is 5.75 Å². The summed E-state index contributed by atoms with van der Waals surface area (Å²) in [6.45, 7) is 9.69. The Morgan fingerprint density at radius 1 is 1.21 bits per heavy atom. The minimum atomic E-state index is -0.454. The number of ether oxygens (including phenoxy) is 2. The second-order valence-electron chi connectivity index (χ2n) is 5.56. The minimum Gasteiger partial charge on any atom is -0.493 e. The maximum absolute atomic E-state index is 11.5. The number of esters is 1. The van der Waals surface area contributed by atoms with Gasteiger partial charge in [0.15, 0.2) is 0 Å². The lowest BCUT2D eigenvalue weighted by Crippen LogP contribution is -2.24. The van der Waals surface area contributed by atoms with E-state index in [1.165, 1.54) is 0 Å². The van der Waals surface area contributed by atoms with Gasteiger partial charge in [0.1, 0.15) is 11.4 Å². The summed E-state index contributed by atoms with van der Waals surface area (Å²) in [5, 5.41) is 0.750. The minimum absolute atomic E-state index is 0.234. The summed E-state index contributed by atoms with van der Waals surface area (Å²) in [6.07, 6.45) is 0.234. The zero-order valence-corrected chi connectivity index (χ0v) is 12.9. The van der Waals surface area contributed by atoms with E-state index in [-0.39, 0.29) is 12.4 Å². The van der Waals surface area contributed by atoms with Crippen LogP contribution in [0.3, 0.4) is 0 Å². The normalized spacial score (nSPS) is 11.3. The average Bonchev–Trinajstić information content (AvgIpc) is 2.23. The Bertz CT molecular complexity index is 438. The standard InChI is InChI=1S/C15H21ClO3/c1-10-8-12(9-11(2)14(10)16)18-7-6-13(17)19-15(3,4)5/h8-9H,6-7H2,1-5H3. The molecule has 1 rings (SSSR count). The van der Waals surface area contributed by atoms with Gasteiger partial charge in [-0.25, -0.2) is 0 Å². The van der Waals surface area contributed by atoms with Crippen LogP contribution < -0.4 is 4.74 Å². The summed E-state index contributed by atoms with van der Waals surface area (Å²) in [7, 11) is 0. The van der Waals surface area contributed by atoms with Crippen molar-refractivity contribution in [1.29, 1.82) is 0 Å². The number of rotatable bonds is 4. The fourth-order valence-electron chi connectivity index (χ4n) is 1.63. The Hall–Kier alpha value is -1.22. The van der Waals surface area contributed by atoms with Gasteiger partial charge in [-0.2, -0.15) is 0 Å². The van der Waals surface area contributed by atoms with Gasteiger partial charge in [-0.15, -0.1) is 0 Å². The number of benzene rings is 1. The van der Waals surface area contributed by atoms with Gasteiger partial charge in [-0.3, -0.25) is 4.79 Å². The molecule has 0 atom stereocenters. The summed E-state index contributed by atoms with van der Waals surface area (Å²) in [5.41, 5.74) is 1.48. The highest BCUT2D eigenvalue weighted by Crippen LogP contribution is 2.25. The van der Waals surface area contributed by atoms with Crippen molar-refractivity contribution in [2.45, 2.75) is 46.6 Å². The molecule has 1 aromatic rings. The van der Waals surface area contributed by atoms with Gasteiger partial charge >= 0.3 is 5.97 Å². The summed E-state index contributed by atoms with van der Waals surface area (Å²) < 4.78 is 10.8. The lowest BCUT2D eigenvalue weighted by Gasteiger charge is -2.19. The van der Waals surface area contributed by atoms with Crippen molar-refractivity contribution in [1.82, 2.24) is 0 Å². The second kappa shape index (κ2) is 6.29. The maximum atomic E-state index is 11.5. The molecule has 19 heavy (non-hydrogen) atoms. The highest BCUT2D eigenvalue weighted by molar-refractivity contribution is 6.32. The molecule has 0 heterocycles. The summed E-state index contributed by atoms with van der Waals surface area (Å²) in [4.78, 5) is 11.5. The van der Waals surface area contributed by atoms with E-state index in [0.717, 1.165) is 21.9 Å². The third kappa shape index (κ3) is 5.52. The van der Waals surface area contributed by atoms with Crippen molar-refractivity contribution in [3.63, 3.8) is 0 Å². The highest BCUT2D eigenvalue weighted by atomic mass is 35.5. The van der Waals surface area contributed by atoms with E-state index < -0.39 is 5.60 Å². The number of carbonyl (C=O) groups excluding carboxylic acids is 1. The molecule has 3 nitrogen and oxygen atoms in total. The van der Waals surface area contributed by atoms with Crippen LogP contribution >= 0.6 is 11.6 Å². The summed E-state index contributed by atoms with van der Waals surface area (Å²) >= 11 is 6.08. The number of carbonyl (C=O) groups is 1. The van der Waals surface area contributed by atoms with Crippen LogP contribution in [-0.2, 0) is 9.53 Å². The third-order valence-corrected chi connectivity index (χ3v) is 3.00. The molecule has 1 aromatic carbocycles. The molecular formula is C15H21ClO3. The van der Waals surface area contributed by atoms with E-state index >= 15 is 0 Å². The van der Waals surface area contributed by atoms with E-state index in [2.05, 4.69) is 0 Å². The van der Waals surface area contributed by atoms with Crippen molar-refractivity contribution in [2.24, 2.45) is 0 Å². The first-order chi connectivity index (χ1) is 8.69. The fourth-order valence-corrected chi connectivity index (χ4v) is 1.74. The molecule has 0 radical (unpaired) electrons. The second-order valence-corrected chi connectivity index (χ2v) is 5.93. The molecule has 0 amide bonds. The predicted molar refractivity (Wildman–Crippen MR) is 76.9 cm³/mol. The lowest BCUT2D eigenvalue weighted by molar-refractivity contribution is -0.155. The van der Waals surface area contributed by atoms with Crippen LogP contribution in [0.25, 0.3) is 0 Å². The molecule has 0 aliphatic heterocycles. The van der Waals surface area contributed by atoms with E-state index in [0.29, 0.717) is 6.61 Å². The molecule has 0 aliphatic carbocycles. The van der Waals surface area contributed by atoms with Gasteiger partial charge < -0.3 is 9.47 Å². The largest absolute Gasteiger partial charge is 0.493 e. The average molecular weight is 285 g/mol. The molecule has 0 aromatic heterocycles. The lowest BCUT2D eigenvalue weighted by atomic mass is 10.1. The van der Waals surface area contributed by atoms with Crippen molar-refractivity contribution < 1.29 is 14.3 Å². The van der Waals surface area contributed by atoms with Gasteiger partial charge in [0.2, 0.25) is 0 Å². The SMILES string of the molecule is Cc1cc(OCCC(=O)OC(C)(C)C)cc(C)c1Cl. The van der Waals surface area contributed by atoms with E-state index in [1.54, 1.807) is 0 Å².